The Bertz CT molecular complexity index is 1290. The van der Waals surface area contributed by atoms with Gasteiger partial charge in [0.2, 0.25) is 5.88 Å². The normalized spacial score (nSPS) is 21.5. The maximum absolute atomic E-state index is 15.3. The van der Waals surface area contributed by atoms with Crippen LogP contribution in [0.2, 0.25) is 0 Å². The number of aromatic nitrogens is 2. The van der Waals surface area contributed by atoms with Crippen molar-refractivity contribution >= 4 is 34.1 Å². The molecule has 1 aromatic carbocycles. The molecule has 11 heteroatoms. The molecule has 4 heterocycles. The van der Waals surface area contributed by atoms with Crippen molar-refractivity contribution in [1.82, 2.24) is 9.97 Å². The number of anilines is 3. The second-order valence-corrected chi connectivity index (χ2v) is 8.41. The van der Waals surface area contributed by atoms with Crippen LogP contribution in [0.1, 0.15) is 12.5 Å². The van der Waals surface area contributed by atoms with Crippen molar-refractivity contribution in [3.05, 3.63) is 35.9 Å². The number of nitrogens with one attached hydrogen (secondary N) is 2. The first kappa shape index (κ1) is 22.1. The number of rotatable bonds is 3. The molecule has 0 unspecified atom stereocenters. The fraction of sp³-hybridized carbons (Fsp3) is 0.348. The van der Waals surface area contributed by atoms with Crippen LogP contribution >= 0.6 is 0 Å². The number of benzene rings is 1. The van der Waals surface area contributed by atoms with E-state index in [9.17, 15) is 9.18 Å². The lowest BCUT2D eigenvalue weighted by atomic mass is 9.97. The zero-order valence-corrected chi connectivity index (χ0v) is 18.5. The van der Waals surface area contributed by atoms with Gasteiger partial charge >= 0.3 is 6.09 Å². The lowest BCUT2D eigenvalue weighted by molar-refractivity contribution is 0.0688. The highest BCUT2D eigenvalue weighted by Crippen LogP contribution is 2.40. The molecule has 0 spiro atoms. The topological polar surface area (TPSA) is 121 Å². The van der Waals surface area contributed by atoms with E-state index >= 15 is 4.39 Å². The third-order valence-corrected chi connectivity index (χ3v) is 6.06. The molecule has 9 nitrogen and oxygen atoms in total. The molecule has 3 atom stereocenters. The van der Waals surface area contributed by atoms with Crippen molar-refractivity contribution in [3.8, 4) is 17.0 Å². The number of hydrogen-bond acceptors (Lipinski definition) is 8. The lowest BCUT2D eigenvalue weighted by Crippen LogP contribution is -2.27. The lowest BCUT2D eigenvalue weighted by Gasteiger charge is -2.24. The van der Waals surface area contributed by atoms with Crippen molar-refractivity contribution < 1.29 is 27.8 Å². The third-order valence-electron chi connectivity index (χ3n) is 6.06. The number of fused-ring (bicyclic) bond motifs is 2. The van der Waals surface area contributed by atoms with Crippen LogP contribution in [0.4, 0.5) is 30.8 Å². The molecule has 4 N–H and O–H groups in total. The first-order chi connectivity index (χ1) is 16.3. The molecular weight excluding hydrogens is 448 g/mol. The number of hydrogen-bond donors (Lipinski definition) is 3. The van der Waals surface area contributed by atoms with E-state index in [1.54, 1.807) is 19.1 Å². The van der Waals surface area contributed by atoms with Crippen LogP contribution in [0.5, 0.6) is 5.88 Å². The van der Waals surface area contributed by atoms with E-state index in [4.69, 9.17) is 19.9 Å². The predicted octanol–water partition coefficient (Wildman–Crippen LogP) is 4.01. The molecule has 2 aromatic heterocycles. The molecule has 1 fully saturated rings. The number of nitrogens with two attached hydrogens (primary N) is 1. The first-order valence-corrected chi connectivity index (χ1v) is 10.8. The van der Waals surface area contributed by atoms with Gasteiger partial charge in [0, 0.05) is 34.8 Å². The molecule has 5 rings (SSSR count). The SMILES string of the molecule is Cc1c(-c2cc3cc(NC(=O)O[C@@H]4COC[C@H]4C)ncc3c(N)c2F)cnc2c1NC[C@H](F)O2. The van der Waals surface area contributed by atoms with E-state index in [1.165, 1.54) is 12.4 Å². The maximum Gasteiger partial charge on any atom is 0.413 e. The molecule has 2 aliphatic rings. The van der Waals surface area contributed by atoms with Gasteiger partial charge in [-0.1, -0.05) is 6.92 Å². The van der Waals surface area contributed by atoms with Gasteiger partial charge in [0.1, 0.15) is 17.6 Å². The number of ether oxygens (including phenoxy) is 3. The minimum Gasteiger partial charge on any atom is -0.443 e. The summed E-state index contributed by atoms with van der Waals surface area (Å²) >= 11 is 0. The number of nitrogens with zero attached hydrogens (tertiary/aromatic N) is 2. The number of carbonyl (C=O) groups excluding carboxylic acids is 1. The molecule has 0 aliphatic carbocycles. The van der Waals surface area contributed by atoms with E-state index in [2.05, 4.69) is 20.6 Å². The average molecular weight is 471 g/mol. The molecule has 3 aromatic rings. The summed E-state index contributed by atoms with van der Waals surface area (Å²) in [6.45, 7) is 4.54. The summed E-state index contributed by atoms with van der Waals surface area (Å²) in [5, 5.41) is 6.47. The van der Waals surface area contributed by atoms with Crippen molar-refractivity contribution in [2.75, 3.05) is 36.1 Å². The van der Waals surface area contributed by atoms with E-state index in [0.717, 1.165) is 0 Å². The molecule has 34 heavy (non-hydrogen) atoms. The average Bonchev–Trinajstić information content (AvgIpc) is 3.20. The molecule has 2 aliphatic heterocycles. The number of alkyl halides is 1. The number of carbonyl (C=O) groups is 1. The van der Waals surface area contributed by atoms with Gasteiger partial charge < -0.3 is 25.3 Å². The Labute approximate surface area is 193 Å². The summed E-state index contributed by atoms with van der Waals surface area (Å²) in [6, 6.07) is 3.19. The van der Waals surface area contributed by atoms with E-state index in [-0.39, 0.29) is 41.5 Å². The maximum atomic E-state index is 15.3. The Morgan fingerprint density at radius 2 is 2.09 bits per heavy atom. The molecular formula is C23H23F2N5O4. The highest BCUT2D eigenvalue weighted by atomic mass is 19.1. The molecule has 0 radical (unpaired) electrons. The van der Waals surface area contributed by atoms with Gasteiger partial charge in [-0.2, -0.15) is 4.39 Å². The zero-order chi connectivity index (χ0) is 24.0. The van der Waals surface area contributed by atoms with Crippen LogP contribution in [0.15, 0.2) is 24.5 Å². The quantitative estimate of drug-likeness (QED) is 0.490. The number of amides is 1. The van der Waals surface area contributed by atoms with Crippen LogP contribution in [0.3, 0.4) is 0 Å². The van der Waals surface area contributed by atoms with Gasteiger partial charge in [-0.05, 0) is 30.0 Å². The van der Waals surface area contributed by atoms with Gasteiger partial charge in [0.15, 0.2) is 5.82 Å². The van der Waals surface area contributed by atoms with E-state index in [0.29, 0.717) is 40.8 Å². The molecule has 0 saturated carbocycles. The largest absolute Gasteiger partial charge is 0.443 e. The van der Waals surface area contributed by atoms with Crippen LogP contribution in [-0.2, 0) is 9.47 Å². The van der Waals surface area contributed by atoms with Crippen molar-refractivity contribution in [2.24, 2.45) is 5.92 Å². The smallest absolute Gasteiger partial charge is 0.413 e. The molecule has 1 amide bonds. The predicted molar refractivity (Wildman–Crippen MR) is 122 cm³/mol. The third kappa shape index (κ3) is 3.92. The van der Waals surface area contributed by atoms with Gasteiger partial charge in [-0.3, -0.25) is 5.32 Å². The van der Waals surface area contributed by atoms with Gasteiger partial charge in [0.05, 0.1) is 25.4 Å². The molecule has 0 bridgehead atoms. The standard InChI is InChI=1S/C23H23F2N5O4/c1-10-8-32-9-16(10)33-23(31)30-18-4-12-3-13(19(25)20(26)15(12)6-27-18)14-5-29-22-21(11(14)2)28-7-17(24)34-22/h3-6,10,16-17,28H,7-9,26H2,1-2H3,(H,27,30,31)/t10-,16-,17-/m1/s1. The summed E-state index contributed by atoms with van der Waals surface area (Å²) < 4.78 is 44.6. The number of pyridine rings is 2. The number of nitrogen functional groups attached to an aromatic ring is 1. The summed E-state index contributed by atoms with van der Waals surface area (Å²) in [5.74, 6) is -0.185. The first-order valence-electron chi connectivity index (χ1n) is 10.8. The monoisotopic (exact) mass is 471 g/mol. The molecule has 1 saturated heterocycles. The fourth-order valence-corrected chi connectivity index (χ4v) is 4.12. The highest BCUT2D eigenvalue weighted by Gasteiger charge is 2.28. The van der Waals surface area contributed by atoms with Crippen LogP contribution in [0, 0.1) is 18.7 Å². The zero-order valence-electron chi connectivity index (χ0n) is 18.5. The minimum absolute atomic E-state index is 0.0378. The van der Waals surface area contributed by atoms with Crippen LogP contribution in [0.25, 0.3) is 21.9 Å². The van der Waals surface area contributed by atoms with E-state index in [1.807, 2.05) is 6.92 Å². The second-order valence-electron chi connectivity index (χ2n) is 8.41. The molecule has 178 valence electrons. The second kappa shape index (κ2) is 8.56. The van der Waals surface area contributed by atoms with Crippen molar-refractivity contribution in [2.45, 2.75) is 26.3 Å². The summed E-state index contributed by atoms with van der Waals surface area (Å²) in [7, 11) is 0. The van der Waals surface area contributed by atoms with Gasteiger partial charge in [-0.25, -0.2) is 19.2 Å². The van der Waals surface area contributed by atoms with Crippen molar-refractivity contribution in [1.29, 1.82) is 0 Å². The Morgan fingerprint density at radius 3 is 2.85 bits per heavy atom. The van der Waals surface area contributed by atoms with Crippen LogP contribution < -0.4 is 21.1 Å². The summed E-state index contributed by atoms with van der Waals surface area (Å²) in [6.07, 6.45) is 0.314. The Balaban J connectivity index is 1.48. The Hall–Kier alpha value is -3.73. The highest BCUT2D eigenvalue weighted by molar-refractivity contribution is 5.99. The Kier molecular flexibility index (Phi) is 5.56. The van der Waals surface area contributed by atoms with Crippen molar-refractivity contribution in [3.63, 3.8) is 0 Å². The number of halogens is 2. The van der Waals surface area contributed by atoms with Gasteiger partial charge in [0.25, 0.3) is 6.36 Å². The summed E-state index contributed by atoms with van der Waals surface area (Å²) in [4.78, 5) is 20.6. The fourth-order valence-electron chi connectivity index (χ4n) is 4.12. The minimum atomic E-state index is -1.51. The van der Waals surface area contributed by atoms with E-state index < -0.39 is 18.3 Å². The summed E-state index contributed by atoms with van der Waals surface area (Å²) in [5.41, 5.74) is 7.81. The van der Waals surface area contributed by atoms with Crippen LogP contribution in [-0.4, -0.2) is 48.3 Å². The van der Waals surface area contributed by atoms with Gasteiger partial charge in [-0.15, -0.1) is 0 Å². The Morgan fingerprint density at radius 1 is 1.26 bits per heavy atom.